The average molecular weight is 232 g/mol. The van der Waals surface area contributed by atoms with Gasteiger partial charge in [-0.1, -0.05) is 0 Å². The zero-order valence-electron chi connectivity index (χ0n) is 9.28. The Kier molecular flexibility index (Phi) is 3.33. The minimum Gasteiger partial charge on any atom is -0.316 e. The first-order valence-corrected chi connectivity index (χ1v) is 7.44. The van der Waals surface area contributed by atoms with E-state index in [0.29, 0.717) is 11.8 Å². The summed E-state index contributed by atoms with van der Waals surface area (Å²) in [5.74, 6) is 0.404. The van der Waals surface area contributed by atoms with Gasteiger partial charge in [-0.15, -0.1) is 0 Å². The van der Waals surface area contributed by atoms with Gasteiger partial charge in [0.05, 0.1) is 11.0 Å². The number of sulfone groups is 1. The van der Waals surface area contributed by atoms with Crippen molar-refractivity contribution in [1.82, 2.24) is 10.2 Å². The van der Waals surface area contributed by atoms with Gasteiger partial charge in [0, 0.05) is 19.1 Å². The van der Waals surface area contributed by atoms with E-state index in [-0.39, 0.29) is 5.25 Å². The van der Waals surface area contributed by atoms with E-state index in [0.717, 1.165) is 38.9 Å². The summed E-state index contributed by atoms with van der Waals surface area (Å²) in [6, 6.07) is 0.550. The molecule has 0 bridgehead atoms. The maximum atomic E-state index is 11.7. The molecule has 15 heavy (non-hydrogen) atoms. The van der Waals surface area contributed by atoms with Crippen LogP contribution in [0.4, 0.5) is 0 Å². The van der Waals surface area contributed by atoms with E-state index in [9.17, 15) is 8.42 Å². The summed E-state index contributed by atoms with van der Waals surface area (Å²) in [4.78, 5) is 2.29. The van der Waals surface area contributed by atoms with Crippen LogP contribution in [0.3, 0.4) is 0 Å². The molecule has 2 aliphatic rings. The van der Waals surface area contributed by atoms with Crippen molar-refractivity contribution in [3.05, 3.63) is 0 Å². The lowest BCUT2D eigenvalue weighted by molar-refractivity contribution is 0.325. The molecule has 2 heterocycles. The van der Waals surface area contributed by atoms with Crippen molar-refractivity contribution >= 4 is 9.84 Å². The van der Waals surface area contributed by atoms with Gasteiger partial charge in [-0.05, 0) is 32.9 Å². The van der Waals surface area contributed by atoms with Crippen LogP contribution < -0.4 is 5.32 Å². The van der Waals surface area contributed by atoms with Crippen molar-refractivity contribution in [2.24, 2.45) is 0 Å². The second-order valence-electron chi connectivity index (χ2n) is 4.67. The molecule has 0 spiro atoms. The number of likely N-dealkylation sites (N-methyl/N-ethyl adjacent to an activating group) is 1. The van der Waals surface area contributed by atoms with E-state index in [1.165, 1.54) is 0 Å². The highest BCUT2D eigenvalue weighted by atomic mass is 32.2. The first kappa shape index (κ1) is 11.4. The number of rotatable bonds is 3. The zero-order valence-corrected chi connectivity index (χ0v) is 10.1. The Hall–Kier alpha value is -0.130. The lowest BCUT2D eigenvalue weighted by Crippen LogP contribution is -2.36. The van der Waals surface area contributed by atoms with Crippen molar-refractivity contribution in [3.8, 4) is 0 Å². The van der Waals surface area contributed by atoms with Crippen molar-refractivity contribution in [2.45, 2.75) is 30.6 Å². The summed E-state index contributed by atoms with van der Waals surface area (Å²) < 4.78 is 23.3. The molecular formula is C10H20N2O2S. The van der Waals surface area contributed by atoms with Crippen LogP contribution in [0.1, 0.15) is 19.3 Å². The summed E-state index contributed by atoms with van der Waals surface area (Å²) in [5.41, 5.74) is 0. The van der Waals surface area contributed by atoms with Crippen LogP contribution in [-0.4, -0.2) is 57.0 Å². The van der Waals surface area contributed by atoms with Gasteiger partial charge in [0.15, 0.2) is 9.84 Å². The molecule has 2 rings (SSSR count). The molecule has 2 saturated heterocycles. The molecule has 4 nitrogen and oxygen atoms in total. The number of nitrogens with zero attached hydrogens (tertiary/aromatic N) is 1. The molecule has 2 fully saturated rings. The maximum absolute atomic E-state index is 11.7. The minimum absolute atomic E-state index is 0.0897. The molecule has 0 saturated carbocycles. The lowest BCUT2D eigenvalue weighted by Gasteiger charge is -2.19. The normalized spacial score (nSPS) is 36.1. The van der Waals surface area contributed by atoms with Crippen LogP contribution in [0.25, 0.3) is 0 Å². The highest BCUT2D eigenvalue weighted by Crippen LogP contribution is 2.22. The van der Waals surface area contributed by atoms with Gasteiger partial charge >= 0.3 is 0 Å². The minimum atomic E-state index is -2.76. The molecule has 88 valence electrons. The Morgan fingerprint density at radius 2 is 2.20 bits per heavy atom. The highest BCUT2D eigenvalue weighted by molar-refractivity contribution is 7.92. The van der Waals surface area contributed by atoms with Crippen molar-refractivity contribution < 1.29 is 8.42 Å². The quantitative estimate of drug-likeness (QED) is 0.736. The number of likely N-dealkylation sites (tertiary alicyclic amines) is 1. The van der Waals surface area contributed by atoms with Crippen molar-refractivity contribution in [3.63, 3.8) is 0 Å². The topological polar surface area (TPSA) is 49.4 Å². The summed E-state index contributed by atoms with van der Waals surface area (Å²) in [7, 11) is -0.788. The molecule has 0 aliphatic carbocycles. The van der Waals surface area contributed by atoms with Gasteiger partial charge in [0.2, 0.25) is 0 Å². The van der Waals surface area contributed by atoms with Gasteiger partial charge in [-0.2, -0.15) is 0 Å². The smallest absolute Gasteiger partial charge is 0.154 e. The first-order chi connectivity index (χ1) is 7.12. The van der Waals surface area contributed by atoms with Gasteiger partial charge in [0.1, 0.15) is 0 Å². The standard InChI is InChI=1S/C10H20N2O2S/c1-11-9-4-5-12(7-9)8-10-3-2-6-15(10,13)14/h9-11H,2-8H2,1H3. The lowest BCUT2D eigenvalue weighted by atomic mass is 10.2. The maximum Gasteiger partial charge on any atom is 0.154 e. The van der Waals surface area contributed by atoms with E-state index in [2.05, 4.69) is 10.2 Å². The van der Waals surface area contributed by atoms with Crippen LogP contribution in [-0.2, 0) is 9.84 Å². The molecular weight excluding hydrogens is 212 g/mol. The molecule has 5 heteroatoms. The fraction of sp³-hybridized carbons (Fsp3) is 1.00. The van der Waals surface area contributed by atoms with Crippen LogP contribution in [0.2, 0.25) is 0 Å². The largest absolute Gasteiger partial charge is 0.316 e. The van der Waals surface area contributed by atoms with Crippen LogP contribution in [0.5, 0.6) is 0 Å². The number of hydrogen-bond acceptors (Lipinski definition) is 4. The SMILES string of the molecule is CNC1CCN(CC2CCCS2(=O)=O)C1. The second kappa shape index (κ2) is 4.39. The van der Waals surface area contributed by atoms with E-state index < -0.39 is 9.84 Å². The average Bonchev–Trinajstić information content (AvgIpc) is 2.75. The summed E-state index contributed by atoms with van der Waals surface area (Å²) in [6.45, 7) is 2.79. The Balaban J connectivity index is 1.88. The molecule has 0 amide bonds. The molecule has 1 N–H and O–H groups in total. The van der Waals surface area contributed by atoms with Crippen LogP contribution >= 0.6 is 0 Å². The number of nitrogens with one attached hydrogen (secondary N) is 1. The summed E-state index contributed by atoms with van der Waals surface area (Å²) in [5, 5.41) is 3.16. The molecule has 2 atom stereocenters. The molecule has 0 radical (unpaired) electrons. The third-order valence-corrected chi connectivity index (χ3v) is 5.86. The second-order valence-corrected chi connectivity index (χ2v) is 7.07. The highest BCUT2D eigenvalue weighted by Gasteiger charge is 2.34. The Bertz CT molecular complexity index is 315. The van der Waals surface area contributed by atoms with Crippen LogP contribution in [0.15, 0.2) is 0 Å². The third-order valence-electron chi connectivity index (χ3n) is 3.61. The Morgan fingerprint density at radius 3 is 2.73 bits per heavy atom. The van der Waals surface area contributed by atoms with E-state index in [1.54, 1.807) is 0 Å². The van der Waals surface area contributed by atoms with Crippen molar-refractivity contribution in [2.75, 3.05) is 32.4 Å². The van der Waals surface area contributed by atoms with E-state index in [4.69, 9.17) is 0 Å². The Morgan fingerprint density at radius 1 is 1.40 bits per heavy atom. The first-order valence-electron chi connectivity index (χ1n) is 5.73. The predicted molar refractivity (Wildman–Crippen MR) is 60.7 cm³/mol. The van der Waals surface area contributed by atoms with Crippen LogP contribution in [0, 0.1) is 0 Å². The van der Waals surface area contributed by atoms with Gasteiger partial charge < -0.3 is 10.2 Å². The summed E-state index contributed by atoms with van der Waals surface area (Å²) >= 11 is 0. The fourth-order valence-corrected chi connectivity index (χ4v) is 4.45. The predicted octanol–water partition coefficient (Wildman–Crippen LogP) is -0.143. The van der Waals surface area contributed by atoms with Gasteiger partial charge in [0.25, 0.3) is 0 Å². The van der Waals surface area contributed by atoms with Crippen molar-refractivity contribution in [1.29, 1.82) is 0 Å². The molecule has 2 aliphatic heterocycles. The molecule has 0 aromatic carbocycles. The monoisotopic (exact) mass is 232 g/mol. The summed E-state index contributed by atoms with van der Waals surface area (Å²) in [6.07, 6.45) is 2.86. The van der Waals surface area contributed by atoms with E-state index in [1.807, 2.05) is 7.05 Å². The van der Waals surface area contributed by atoms with E-state index >= 15 is 0 Å². The van der Waals surface area contributed by atoms with Gasteiger partial charge in [-0.3, -0.25) is 0 Å². The zero-order chi connectivity index (χ0) is 10.9. The molecule has 0 aromatic heterocycles. The van der Waals surface area contributed by atoms with Gasteiger partial charge in [-0.25, -0.2) is 8.42 Å². The third kappa shape index (κ3) is 2.52. The molecule has 0 aromatic rings. The Labute approximate surface area is 91.9 Å². The number of hydrogen-bond donors (Lipinski definition) is 1. The molecule has 2 unspecified atom stereocenters. The fourth-order valence-electron chi connectivity index (χ4n) is 2.59.